The highest BCUT2D eigenvalue weighted by molar-refractivity contribution is 5.41. The van der Waals surface area contributed by atoms with E-state index in [2.05, 4.69) is 37.4 Å². The molecule has 17 heavy (non-hydrogen) atoms. The zero-order chi connectivity index (χ0) is 11.9. The van der Waals surface area contributed by atoms with Crippen molar-refractivity contribution in [1.82, 2.24) is 5.32 Å². The van der Waals surface area contributed by atoms with Crippen molar-refractivity contribution in [2.24, 2.45) is 0 Å². The molecule has 0 aromatic heterocycles. The van der Waals surface area contributed by atoms with Crippen molar-refractivity contribution in [1.29, 1.82) is 0 Å². The number of ether oxygens (including phenoxy) is 1. The van der Waals surface area contributed by atoms with E-state index in [1.807, 2.05) is 0 Å². The summed E-state index contributed by atoms with van der Waals surface area (Å²) in [4.78, 5) is 0. The van der Waals surface area contributed by atoms with E-state index in [0.29, 0.717) is 6.04 Å². The van der Waals surface area contributed by atoms with Gasteiger partial charge in [0.15, 0.2) is 0 Å². The van der Waals surface area contributed by atoms with Gasteiger partial charge in [-0.15, -0.1) is 0 Å². The Kier molecular flexibility index (Phi) is 2.62. The lowest BCUT2D eigenvalue weighted by molar-refractivity contribution is 0.0845. The summed E-state index contributed by atoms with van der Waals surface area (Å²) in [6, 6.07) is 7.30. The molecule has 0 amide bonds. The van der Waals surface area contributed by atoms with Gasteiger partial charge in [0.2, 0.25) is 0 Å². The minimum absolute atomic E-state index is 0.00523. The van der Waals surface area contributed by atoms with E-state index < -0.39 is 0 Å². The molecule has 0 saturated carbocycles. The number of benzene rings is 1. The van der Waals surface area contributed by atoms with Gasteiger partial charge in [0, 0.05) is 6.04 Å². The van der Waals surface area contributed by atoms with Crippen molar-refractivity contribution in [3.63, 3.8) is 0 Å². The lowest BCUT2D eigenvalue weighted by Gasteiger charge is -2.33. The summed E-state index contributed by atoms with van der Waals surface area (Å²) < 4.78 is 6.09. The van der Waals surface area contributed by atoms with E-state index >= 15 is 0 Å². The molecule has 1 N–H and O–H groups in total. The molecule has 0 spiro atoms. The highest BCUT2D eigenvalue weighted by Crippen LogP contribution is 2.35. The molecule has 2 aliphatic heterocycles. The molecule has 1 aromatic carbocycles. The molecule has 1 fully saturated rings. The van der Waals surface area contributed by atoms with E-state index in [-0.39, 0.29) is 5.60 Å². The zero-order valence-corrected chi connectivity index (χ0v) is 10.8. The molecule has 1 aromatic rings. The van der Waals surface area contributed by atoms with Gasteiger partial charge in [-0.3, -0.25) is 0 Å². The Bertz CT molecular complexity index is 419. The van der Waals surface area contributed by atoms with Crippen molar-refractivity contribution in [3.05, 3.63) is 29.3 Å². The van der Waals surface area contributed by atoms with Gasteiger partial charge in [0.1, 0.15) is 11.4 Å². The molecule has 92 valence electrons. The Balaban J connectivity index is 1.89. The molecule has 0 radical (unpaired) electrons. The minimum Gasteiger partial charge on any atom is -0.488 e. The van der Waals surface area contributed by atoms with E-state index in [1.165, 1.54) is 24.0 Å². The average Bonchev–Trinajstić information content (AvgIpc) is 2.80. The Morgan fingerprint density at radius 2 is 2.24 bits per heavy atom. The van der Waals surface area contributed by atoms with Crippen LogP contribution in [0.15, 0.2) is 18.2 Å². The van der Waals surface area contributed by atoms with Gasteiger partial charge in [-0.1, -0.05) is 12.1 Å². The second-order valence-corrected chi connectivity index (χ2v) is 5.88. The third kappa shape index (κ3) is 2.19. The quantitative estimate of drug-likeness (QED) is 0.801. The third-order valence-electron chi connectivity index (χ3n) is 3.94. The standard InChI is InChI=1S/C15H21NO/c1-15(2)8-7-11-5-6-12(10-14(11)17-15)13-4-3-9-16-13/h5-6,10,13,16H,3-4,7-9H2,1-2H3. The number of hydrogen-bond acceptors (Lipinski definition) is 2. The maximum absolute atomic E-state index is 6.09. The Morgan fingerprint density at radius 1 is 1.35 bits per heavy atom. The van der Waals surface area contributed by atoms with Crippen LogP contribution in [0.1, 0.15) is 50.3 Å². The topological polar surface area (TPSA) is 21.3 Å². The molecule has 2 heteroatoms. The molecule has 3 rings (SSSR count). The third-order valence-corrected chi connectivity index (χ3v) is 3.94. The predicted molar refractivity (Wildman–Crippen MR) is 69.4 cm³/mol. The molecule has 2 nitrogen and oxygen atoms in total. The van der Waals surface area contributed by atoms with Crippen LogP contribution in [0, 0.1) is 0 Å². The fourth-order valence-corrected chi connectivity index (χ4v) is 2.84. The predicted octanol–water partition coefficient (Wildman–Crippen LogP) is 3.21. The molecule has 2 heterocycles. The number of aryl methyl sites for hydroxylation is 1. The Labute approximate surface area is 103 Å². The summed E-state index contributed by atoms with van der Waals surface area (Å²) in [6.45, 7) is 5.50. The molecule has 1 unspecified atom stereocenters. The lowest BCUT2D eigenvalue weighted by atomic mass is 9.92. The van der Waals surface area contributed by atoms with Gasteiger partial charge in [0.05, 0.1) is 0 Å². The van der Waals surface area contributed by atoms with Crippen LogP contribution in [0.25, 0.3) is 0 Å². The first-order valence-corrected chi connectivity index (χ1v) is 6.69. The summed E-state index contributed by atoms with van der Waals surface area (Å²) in [5.74, 6) is 1.10. The van der Waals surface area contributed by atoms with Crippen LogP contribution in [0.3, 0.4) is 0 Å². The monoisotopic (exact) mass is 231 g/mol. The second kappa shape index (κ2) is 4.02. The average molecular weight is 231 g/mol. The number of rotatable bonds is 1. The van der Waals surface area contributed by atoms with Gasteiger partial charge < -0.3 is 10.1 Å². The summed E-state index contributed by atoms with van der Waals surface area (Å²) >= 11 is 0. The number of nitrogens with one attached hydrogen (secondary N) is 1. The minimum atomic E-state index is -0.00523. The Hall–Kier alpha value is -1.02. The van der Waals surface area contributed by atoms with E-state index in [0.717, 1.165) is 25.1 Å². The highest BCUT2D eigenvalue weighted by Gasteiger charge is 2.27. The first-order valence-electron chi connectivity index (χ1n) is 6.69. The lowest BCUT2D eigenvalue weighted by Crippen LogP contribution is -2.32. The first-order chi connectivity index (χ1) is 8.14. The molecule has 1 saturated heterocycles. The van der Waals surface area contributed by atoms with Crippen LogP contribution in [0.2, 0.25) is 0 Å². The van der Waals surface area contributed by atoms with Gasteiger partial charge in [-0.05, 0) is 63.3 Å². The van der Waals surface area contributed by atoms with Crippen LogP contribution in [0.4, 0.5) is 0 Å². The van der Waals surface area contributed by atoms with Gasteiger partial charge >= 0.3 is 0 Å². The van der Waals surface area contributed by atoms with E-state index in [1.54, 1.807) is 0 Å². The van der Waals surface area contributed by atoms with Crippen molar-refractivity contribution in [3.8, 4) is 5.75 Å². The van der Waals surface area contributed by atoms with Crippen molar-refractivity contribution < 1.29 is 4.74 Å². The van der Waals surface area contributed by atoms with Crippen LogP contribution in [0.5, 0.6) is 5.75 Å². The van der Waals surface area contributed by atoms with Crippen molar-refractivity contribution in [2.45, 2.75) is 51.2 Å². The maximum atomic E-state index is 6.09. The fraction of sp³-hybridized carbons (Fsp3) is 0.600. The number of hydrogen-bond donors (Lipinski definition) is 1. The molecular weight excluding hydrogens is 210 g/mol. The summed E-state index contributed by atoms with van der Waals surface area (Å²) in [7, 11) is 0. The SMILES string of the molecule is CC1(C)CCc2ccc(C3CCCN3)cc2O1. The maximum Gasteiger partial charge on any atom is 0.123 e. The zero-order valence-electron chi connectivity index (χ0n) is 10.8. The second-order valence-electron chi connectivity index (χ2n) is 5.88. The molecular formula is C15H21NO. The molecule has 1 atom stereocenters. The van der Waals surface area contributed by atoms with E-state index in [9.17, 15) is 0 Å². The van der Waals surface area contributed by atoms with Gasteiger partial charge in [0.25, 0.3) is 0 Å². The van der Waals surface area contributed by atoms with Crippen molar-refractivity contribution in [2.75, 3.05) is 6.54 Å². The highest BCUT2D eigenvalue weighted by atomic mass is 16.5. The largest absolute Gasteiger partial charge is 0.488 e. The van der Waals surface area contributed by atoms with Crippen LogP contribution in [-0.2, 0) is 6.42 Å². The summed E-state index contributed by atoms with van der Waals surface area (Å²) in [5.41, 5.74) is 2.75. The first kappa shape index (κ1) is 11.1. The fourth-order valence-electron chi connectivity index (χ4n) is 2.84. The van der Waals surface area contributed by atoms with Crippen LogP contribution < -0.4 is 10.1 Å². The molecule has 0 bridgehead atoms. The van der Waals surface area contributed by atoms with Gasteiger partial charge in [-0.2, -0.15) is 0 Å². The van der Waals surface area contributed by atoms with Crippen molar-refractivity contribution >= 4 is 0 Å². The van der Waals surface area contributed by atoms with Crippen LogP contribution in [-0.4, -0.2) is 12.1 Å². The summed E-state index contributed by atoms with van der Waals surface area (Å²) in [5, 5.41) is 3.54. The normalized spacial score (nSPS) is 26.4. The van der Waals surface area contributed by atoms with Gasteiger partial charge in [-0.25, -0.2) is 0 Å². The molecule has 0 aliphatic carbocycles. The number of fused-ring (bicyclic) bond motifs is 1. The Morgan fingerprint density at radius 3 is 3.00 bits per heavy atom. The summed E-state index contributed by atoms with van der Waals surface area (Å²) in [6.07, 6.45) is 4.79. The van der Waals surface area contributed by atoms with Crippen LogP contribution >= 0.6 is 0 Å². The molecule has 2 aliphatic rings. The smallest absolute Gasteiger partial charge is 0.123 e. The van der Waals surface area contributed by atoms with E-state index in [4.69, 9.17) is 4.74 Å².